The molecule has 2 rings (SSSR count). The maximum atomic E-state index is 12.1. The molecular weight excluding hydrogens is 344 g/mol. The van der Waals surface area contributed by atoms with Crippen LogP contribution in [0.25, 0.3) is 0 Å². The Morgan fingerprint density at radius 3 is 2.37 bits per heavy atom. The molecule has 2 aromatic rings. The van der Waals surface area contributed by atoms with Gasteiger partial charge in [-0.25, -0.2) is 5.43 Å². The SMILES string of the molecule is CCCOc1ccc(C(=O)N/N=C\c2ccc(OCCC)c(OC)c2)cc1. The van der Waals surface area contributed by atoms with Gasteiger partial charge >= 0.3 is 0 Å². The average molecular weight is 370 g/mol. The third kappa shape index (κ3) is 6.33. The first-order valence-corrected chi connectivity index (χ1v) is 9.05. The highest BCUT2D eigenvalue weighted by atomic mass is 16.5. The molecule has 6 nitrogen and oxygen atoms in total. The molecule has 0 radical (unpaired) electrons. The number of amides is 1. The Morgan fingerprint density at radius 2 is 1.70 bits per heavy atom. The number of methoxy groups -OCH3 is 1. The van der Waals surface area contributed by atoms with Crippen molar-refractivity contribution >= 4 is 12.1 Å². The molecule has 0 aliphatic carbocycles. The third-order valence-corrected chi connectivity index (χ3v) is 3.62. The van der Waals surface area contributed by atoms with Gasteiger partial charge in [0.25, 0.3) is 5.91 Å². The second-order valence-electron chi connectivity index (χ2n) is 5.83. The fourth-order valence-corrected chi connectivity index (χ4v) is 2.25. The Bertz CT molecular complexity index is 757. The van der Waals surface area contributed by atoms with Crippen LogP contribution in [0.2, 0.25) is 0 Å². The van der Waals surface area contributed by atoms with Crippen LogP contribution in [-0.2, 0) is 0 Å². The topological polar surface area (TPSA) is 69.2 Å². The quantitative estimate of drug-likeness (QED) is 0.506. The zero-order valence-corrected chi connectivity index (χ0v) is 16.0. The van der Waals surface area contributed by atoms with E-state index in [9.17, 15) is 4.79 Å². The zero-order chi connectivity index (χ0) is 19.5. The molecule has 0 unspecified atom stereocenters. The lowest BCUT2D eigenvalue weighted by Gasteiger charge is -2.10. The summed E-state index contributed by atoms with van der Waals surface area (Å²) in [5.74, 6) is 1.77. The molecule has 0 aliphatic heterocycles. The van der Waals surface area contributed by atoms with Crippen molar-refractivity contribution in [3.05, 3.63) is 53.6 Å². The van der Waals surface area contributed by atoms with Crippen LogP contribution in [-0.4, -0.2) is 32.4 Å². The third-order valence-electron chi connectivity index (χ3n) is 3.62. The van der Waals surface area contributed by atoms with E-state index in [1.54, 1.807) is 43.7 Å². The Morgan fingerprint density at radius 1 is 1.00 bits per heavy atom. The minimum atomic E-state index is -0.289. The number of carbonyl (C=O) groups excluding carboxylic acids is 1. The smallest absolute Gasteiger partial charge is 0.271 e. The van der Waals surface area contributed by atoms with E-state index in [0.717, 1.165) is 24.2 Å². The van der Waals surface area contributed by atoms with E-state index in [0.29, 0.717) is 30.3 Å². The van der Waals surface area contributed by atoms with Crippen molar-refractivity contribution in [2.24, 2.45) is 5.10 Å². The summed E-state index contributed by atoms with van der Waals surface area (Å²) in [6, 6.07) is 12.4. The summed E-state index contributed by atoms with van der Waals surface area (Å²) in [5, 5.41) is 4.01. The van der Waals surface area contributed by atoms with Crippen LogP contribution in [0.3, 0.4) is 0 Å². The number of rotatable bonds is 10. The number of benzene rings is 2. The summed E-state index contributed by atoms with van der Waals surface area (Å²) in [7, 11) is 1.59. The van der Waals surface area contributed by atoms with Crippen LogP contribution in [0.15, 0.2) is 47.6 Å². The van der Waals surface area contributed by atoms with Crippen molar-refractivity contribution < 1.29 is 19.0 Å². The lowest BCUT2D eigenvalue weighted by Crippen LogP contribution is -2.17. The van der Waals surface area contributed by atoms with E-state index < -0.39 is 0 Å². The van der Waals surface area contributed by atoms with Crippen LogP contribution in [0, 0.1) is 0 Å². The second-order valence-corrected chi connectivity index (χ2v) is 5.83. The van der Waals surface area contributed by atoms with E-state index in [1.165, 1.54) is 0 Å². The van der Waals surface area contributed by atoms with Crippen molar-refractivity contribution in [1.82, 2.24) is 5.43 Å². The summed E-state index contributed by atoms with van der Waals surface area (Å²) in [4.78, 5) is 12.1. The van der Waals surface area contributed by atoms with Gasteiger partial charge in [0.1, 0.15) is 5.75 Å². The van der Waals surface area contributed by atoms with Crippen LogP contribution in [0.5, 0.6) is 17.2 Å². The van der Waals surface area contributed by atoms with Crippen molar-refractivity contribution in [1.29, 1.82) is 0 Å². The number of hydrogen-bond donors (Lipinski definition) is 1. The van der Waals surface area contributed by atoms with Crippen molar-refractivity contribution in [3.8, 4) is 17.2 Å². The van der Waals surface area contributed by atoms with Gasteiger partial charge in [0.15, 0.2) is 11.5 Å². The predicted molar refractivity (Wildman–Crippen MR) is 106 cm³/mol. The highest BCUT2D eigenvalue weighted by Crippen LogP contribution is 2.27. The Labute approximate surface area is 160 Å². The normalized spacial score (nSPS) is 10.6. The van der Waals surface area contributed by atoms with E-state index >= 15 is 0 Å². The second kappa shape index (κ2) is 10.9. The van der Waals surface area contributed by atoms with Gasteiger partial charge in [-0.3, -0.25) is 4.79 Å². The average Bonchev–Trinajstić information content (AvgIpc) is 2.71. The number of hydrogen-bond acceptors (Lipinski definition) is 5. The minimum absolute atomic E-state index is 0.289. The Kier molecular flexibility index (Phi) is 8.16. The molecule has 0 saturated heterocycles. The van der Waals surface area contributed by atoms with E-state index in [4.69, 9.17) is 14.2 Å². The largest absolute Gasteiger partial charge is 0.494 e. The molecule has 0 aromatic heterocycles. The molecule has 0 spiro atoms. The lowest BCUT2D eigenvalue weighted by atomic mass is 10.2. The first-order chi connectivity index (χ1) is 13.2. The molecule has 0 fully saturated rings. The van der Waals surface area contributed by atoms with Gasteiger partial charge in [0, 0.05) is 5.56 Å². The maximum Gasteiger partial charge on any atom is 0.271 e. The van der Waals surface area contributed by atoms with Crippen molar-refractivity contribution in [2.75, 3.05) is 20.3 Å². The lowest BCUT2D eigenvalue weighted by molar-refractivity contribution is 0.0955. The van der Waals surface area contributed by atoms with Crippen LogP contribution in [0.1, 0.15) is 42.6 Å². The van der Waals surface area contributed by atoms with Gasteiger partial charge in [-0.2, -0.15) is 5.10 Å². The number of nitrogens with one attached hydrogen (secondary N) is 1. The Balaban J connectivity index is 1.95. The monoisotopic (exact) mass is 370 g/mol. The van der Waals surface area contributed by atoms with Crippen LogP contribution in [0.4, 0.5) is 0 Å². The van der Waals surface area contributed by atoms with Gasteiger partial charge < -0.3 is 14.2 Å². The molecule has 1 amide bonds. The van der Waals surface area contributed by atoms with Gasteiger partial charge in [-0.1, -0.05) is 13.8 Å². The van der Waals surface area contributed by atoms with E-state index in [1.807, 2.05) is 26.0 Å². The molecular formula is C21H26N2O4. The summed E-state index contributed by atoms with van der Waals surface area (Å²) < 4.78 is 16.5. The molecule has 27 heavy (non-hydrogen) atoms. The number of nitrogens with zero attached hydrogens (tertiary/aromatic N) is 1. The molecule has 2 aromatic carbocycles. The molecule has 0 bridgehead atoms. The highest BCUT2D eigenvalue weighted by Gasteiger charge is 2.06. The highest BCUT2D eigenvalue weighted by molar-refractivity contribution is 5.95. The summed E-state index contributed by atoms with van der Waals surface area (Å²) in [6.45, 7) is 5.37. The first-order valence-electron chi connectivity index (χ1n) is 9.05. The number of carbonyl (C=O) groups is 1. The summed E-state index contributed by atoms with van der Waals surface area (Å²) in [6.07, 6.45) is 3.42. The Hall–Kier alpha value is -3.02. The van der Waals surface area contributed by atoms with E-state index in [-0.39, 0.29) is 5.91 Å². The van der Waals surface area contributed by atoms with Crippen LogP contribution >= 0.6 is 0 Å². The number of ether oxygens (including phenoxy) is 3. The first kappa shape index (κ1) is 20.3. The summed E-state index contributed by atoms with van der Waals surface area (Å²) in [5.41, 5.74) is 3.82. The molecule has 0 atom stereocenters. The number of hydrazone groups is 1. The fourth-order valence-electron chi connectivity index (χ4n) is 2.25. The van der Waals surface area contributed by atoms with Gasteiger partial charge in [0.05, 0.1) is 26.5 Å². The molecule has 0 saturated carbocycles. The van der Waals surface area contributed by atoms with E-state index in [2.05, 4.69) is 10.5 Å². The van der Waals surface area contributed by atoms with Crippen molar-refractivity contribution in [2.45, 2.75) is 26.7 Å². The van der Waals surface area contributed by atoms with Crippen LogP contribution < -0.4 is 19.6 Å². The standard InChI is InChI=1S/C21H26N2O4/c1-4-12-26-18-9-7-17(8-10-18)21(24)23-22-15-16-6-11-19(27-13-5-2)20(14-16)25-3/h6-11,14-15H,4-5,12-13H2,1-3H3,(H,23,24)/b22-15-. The molecule has 144 valence electrons. The zero-order valence-electron chi connectivity index (χ0n) is 16.0. The minimum Gasteiger partial charge on any atom is -0.494 e. The maximum absolute atomic E-state index is 12.1. The molecule has 1 N–H and O–H groups in total. The predicted octanol–water partition coefficient (Wildman–Crippen LogP) is 4.04. The van der Waals surface area contributed by atoms with Crippen molar-refractivity contribution in [3.63, 3.8) is 0 Å². The molecule has 0 heterocycles. The van der Waals surface area contributed by atoms with Gasteiger partial charge in [0.2, 0.25) is 0 Å². The molecule has 6 heteroatoms. The van der Waals surface area contributed by atoms with Gasteiger partial charge in [-0.15, -0.1) is 0 Å². The van der Waals surface area contributed by atoms with Gasteiger partial charge in [-0.05, 0) is 60.9 Å². The molecule has 0 aliphatic rings. The fraction of sp³-hybridized carbons (Fsp3) is 0.333. The summed E-state index contributed by atoms with van der Waals surface area (Å²) >= 11 is 0.